The lowest BCUT2D eigenvalue weighted by Gasteiger charge is -2.04. The molecule has 1 atom stereocenters. The Bertz CT molecular complexity index is 479. The third-order valence-corrected chi connectivity index (χ3v) is 2.62. The molecule has 84 valence electrons. The van der Waals surface area contributed by atoms with Crippen LogP contribution < -0.4 is 5.73 Å². The second kappa shape index (κ2) is 4.45. The van der Waals surface area contributed by atoms with Gasteiger partial charge in [0, 0.05) is 6.20 Å². The molecule has 0 bridgehead atoms. The van der Waals surface area contributed by atoms with Gasteiger partial charge in [-0.25, -0.2) is 9.07 Å². The maximum atomic E-state index is 13.5. The number of hydrogen-bond acceptors (Lipinski definition) is 2. The normalized spacial score (nSPS) is 12.7. The van der Waals surface area contributed by atoms with Crippen molar-refractivity contribution < 1.29 is 4.39 Å². The number of halogens is 1. The van der Waals surface area contributed by atoms with Crippen molar-refractivity contribution in [1.29, 1.82) is 0 Å². The molecule has 0 saturated heterocycles. The van der Waals surface area contributed by atoms with Gasteiger partial charge in [-0.3, -0.25) is 0 Å². The molecule has 3 nitrogen and oxygen atoms in total. The maximum absolute atomic E-state index is 13.5. The minimum atomic E-state index is -0.280. The van der Waals surface area contributed by atoms with Crippen molar-refractivity contribution in [3.8, 4) is 5.69 Å². The number of benzene rings is 1. The summed E-state index contributed by atoms with van der Waals surface area (Å²) in [5.41, 5.74) is 7.05. The summed E-state index contributed by atoms with van der Waals surface area (Å²) in [4.78, 5) is 0. The number of nitrogens with two attached hydrogens (primary N) is 1. The van der Waals surface area contributed by atoms with E-state index in [4.69, 9.17) is 5.73 Å². The van der Waals surface area contributed by atoms with Gasteiger partial charge in [0.05, 0.1) is 6.20 Å². The van der Waals surface area contributed by atoms with Crippen LogP contribution in [0.25, 0.3) is 5.69 Å². The van der Waals surface area contributed by atoms with Crippen molar-refractivity contribution in [1.82, 2.24) is 9.78 Å². The molecule has 1 unspecified atom stereocenters. The third kappa shape index (κ3) is 1.97. The zero-order chi connectivity index (χ0) is 11.5. The lowest BCUT2D eigenvalue weighted by Crippen LogP contribution is -2.08. The number of nitrogens with zero attached hydrogens (tertiary/aromatic N) is 2. The molecule has 0 amide bonds. The Balaban J connectivity index is 2.35. The highest BCUT2D eigenvalue weighted by Crippen LogP contribution is 2.16. The molecule has 0 aliphatic rings. The lowest BCUT2D eigenvalue weighted by molar-refractivity contribution is 0.610. The molecule has 0 saturated carbocycles. The third-order valence-electron chi connectivity index (χ3n) is 2.62. The highest BCUT2D eigenvalue weighted by Gasteiger charge is 2.09. The van der Waals surface area contributed by atoms with Crippen LogP contribution in [0.3, 0.4) is 0 Å². The van der Waals surface area contributed by atoms with Crippen molar-refractivity contribution in [2.24, 2.45) is 5.73 Å². The molecule has 4 heteroatoms. The molecule has 2 N–H and O–H groups in total. The molecular weight excluding hydrogens is 205 g/mol. The fraction of sp³-hybridized carbons (Fsp3) is 0.250. The largest absolute Gasteiger partial charge is 0.330 e. The predicted octanol–water partition coefficient (Wildman–Crippen LogP) is 2.07. The zero-order valence-electron chi connectivity index (χ0n) is 9.10. The molecule has 0 aliphatic carbocycles. The molecule has 0 fully saturated rings. The van der Waals surface area contributed by atoms with Crippen molar-refractivity contribution in [2.45, 2.75) is 12.8 Å². The van der Waals surface area contributed by atoms with E-state index < -0.39 is 0 Å². The Morgan fingerprint density at radius 1 is 1.44 bits per heavy atom. The summed E-state index contributed by atoms with van der Waals surface area (Å²) in [6, 6.07) is 6.56. The lowest BCUT2D eigenvalue weighted by atomic mass is 10.1. The van der Waals surface area contributed by atoms with Gasteiger partial charge in [-0.15, -0.1) is 0 Å². The van der Waals surface area contributed by atoms with Crippen LogP contribution in [0.5, 0.6) is 0 Å². The standard InChI is InChI=1S/C12H14FN3/c1-9(6-14)10-7-15-16(8-10)12-5-3-2-4-11(12)13/h2-5,7-9H,6,14H2,1H3. The Labute approximate surface area is 93.7 Å². The number of para-hydroxylation sites is 1. The van der Waals surface area contributed by atoms with Crippen molar-refractivity contribution >= 4 is 0 Å². The molecule has 0 aliphatic heterocycles. The second-order valence-corrected chi connectivity index (χ2v) is 3.81. The monoisotopic (exact) mass is 219 g/mol. The number of hydrogen-bond donors (Lipinski definition) is 1. The van der Waals surface area contributed by atoms with Gasteiger partial charge in [-0.1, -0.05) is 19.1 Å². The van der Waals surface area contributed by atoms with Gasteiger partial charge >= 0.3 is 0 Å². The highest BCUT2D eigenvalue weighted by molar-refractivity contribution is 5.33. The van der Waals surface area contributed by atoms with Crippen molar-refractivity contribution in [3.63, 3.8) is 0 Å². The second-order valence-electron chi connectivity index (χ2n) is 3.81. The van der Waals surface area contributed by atoms with E-state index in [9.17, 15) is 4.39 Å². The minimum absolute atomic E-state index is 0.237. The topological polar surface area (TPSA) is 43.8 Å². The van der Waals surface area contributed by atoms with E-state index >= 15 is 0 Å². The first-order valence-corrected chi connectivity index (χ1v) is 5.22. The molecule has 1 aromatic carbocycles. The smallest absolute Gasteiger partial charge is 0.148 e. The minimum Gasteiger partial charge on any atom is -0.330 e. The van der Waals surface area contributed by atoms with Gasteiger partial charge in [-0.2, -0.15) is 5.10 Å². The first-order chi connectivity index (χ1) is 7.72. The summed E-state index contributed by atoms with van der Waals surface area (Å²) in [5, 5.41) is 4.14. The van der Waals surface area contributed by atoms with Gasteiger partial charge < -0.3 is 5.73 Å². The molecule has 1 heterocycles. The Kier molecular flexibility index (Phi) is 3.01. The van der Waals surface area contributed by atoms with E-state index in [1.54, 1.807) is 24.4 Å². The number of rotatable bonds is 3. The van der Waals surface area contributed by atoms with Gasteiger partial charge in [-0.05, 0) is 30.2 Å². The quantitative estimate of drug-likeness (QED) is 0.858. The Hall–Kier alpha value is -1.68. The van der Waals surface area contributed by atoms with Crippen LogP contribution in [0.4, 0.5) is 4.39 Å². The van der Waals surface area contributed by atoms with Crippen LogP contribution in [-0.2, 0) is 0 Å². The summed E-state index contributed by atoms with van der Waals surface area (Å²) in [6.45, 7) is 2.58. The highest BCUT2D eigenvalue weighted by atomic mass is 19.1. The first kappa shape index (κ1) is 10.8. The summed E-state index contributed by atoms with van der Waals surface area (Å²) in [6.07, 6.45) is 3.54. The molecule has 1 aromatic heterocycles. The van der Waals surface area contributed by atoms with E-state index in [1.165, 1.54) is 10.7 Å². The Morgan fingerprint density at radius 2 is 2.19 bits per heavy atom. The maximum Gasteiger partial charge on any atom is 0.148 e. The molecule has 2 aromatic rings. The molecule has 16 heavy (non-hydrogen) atoms. The van der Waals surface area contributed by atoms with Gasteiger partial charge in [0.15, 0.2) is 0 Å². The average Bonchev–Trinajstić information content (AvgIpc) is 2.78. The number of aromatic nitrogens is 2. The summed E-state index contributed by atoms with van der Waals surface area (Å²) < 4.78 is 15.0. The van der Waals surface area contributed by atoms with Crippen LogP contribution in [0.1, 0.15) is 18.4 Å². The first-order valence-electron chi connectivity index (χ1n) is 5.22. The Morgan fingerprint density at radius 3 is 2.88 bits per heavy atom. The summed E-state index contributed by atoms with van der Waals surface area (Å²) in [7, 11) is 0. The summed E-state index contributed by atoms with van der Waals surface area (Å²) in [5.74, 6) is -0.0434. The van der Waals surface area contributed by atoms with E-state index in [1.807, 2.05) is 13.1 Å². The zero-order valence-corrected chi connectivity index (χ0v) is 9.10. The van der Waals surface area contributed by atoms with Crippen LogP contribution in [0, 0.1) is 5.82 Å². The van der Waals surface area contributed by atoms with Gasteiger partial charge in [0.1, 0.15) is 11.5 Å². The fourth-order valence-corrected chi connectivity index (χ4v) is 1.50. The van der Waals surface area contributed by atoms with E-state index in [0.717, 1.165) is 5.56 Å². The summed E-state index contributed by atoms with van der Waals surface area (Å²) >= 11 is 0. The SMILES string of the molecule is CC(CN)c1cnn(-c2ccccc2F)c1. The van der Waals surface area contributed by atoms with Crippen LogP contribution >= 0.6 is 0 Å². The predicted molar refractivity (Wildman–Crippen MR) is 61.0 cm³/mol. The molecule has 2 rings (SSSR count). The average molecular weight is 219 g/mol. The van der Waals surface area contributed by atoms with Crippen molar-refractivity contribution in [3.05, 3.63) is 48.0 Å². The van der Waals surface area contributed by atoms with Crippen molar-refractivity contribution in [2.75, 3.05) is 6.54 Å². The fourth-order valence-electron chi connectivity index (χ4n) is 1.50. The molecular formula is C12H14FN3. The van der Waals surface area contributed by atoms with Crippen LogP contribution in [0.2, 0.25) is 0 Å². The van der Waals surface area contributed by atoms with E-state index in [-0.39, 0.29) is 11.7 Å². The molecule has 0 spiro atoms. The van der Waals surface area contributed by atoms with Gasteiger partial charge in [0.2, 0.25) is 0 Å². The van der Waals surface area contributed by atoms with Crippen LogP contribution in [0.15, 0.2) is 36.7 Å². The van der Waals surface area contributed by atoms with E-state index in [0.29, 0.717) is 12.2 Å². The van der Waals surface area contributed by atoms with E-state index in [2.05, 4.69) is 5.10 Å². The molecule has 0 radical (unpaired) electrons. The van der Waals surface area contributed by atoms with Crippen LogP contribution in [-0.4, -0.2) is 16.3 Å². The van der Waals surface area contributed by atoms with Gasteiger partial charge in [0.25, 0.3) is 0 Å².